The molecule has 10 rings (SSSR count). The third kappa shape index (κ3) is 6.15. The van der Waals surface area contributed by atoms with Gasteiger partial charge in [0.05, 0.1) is 6.04 Å². The second kappa shape index (κ2) is 13.9. The van der Waals surface area contributed by atoms with Crippen LogP contribution in [0.15, 0.2) is 84.9 Å². The second-order valence-electron chi connectivity index (χ2n) is 16.8. The van der Waals surface area contributed by atoms with E-state index in [4.69, 9.17) is 0 Å². The van der Waals surface area contributed by atoms with Gasteiger partial charge in [0.2, 0.25) is 11.8 Å². The summed E-state index contributed by atoms with van der Waals surface area (Å²) in [6.45, 7) is 5.64. The SMILES string of the molecule is O=C1CCC(N2Cc3cc4c(cc3C2=O)CN(C2CN(CC3CCN(c5ccc([C@@H]6c7ccc(O)cc7CC[C@@H]6c6ccccc6)cc5)CC3)C2)C4=O)C(=O)N1. The molecule has 56 heavy (non-hydrogen) atoms. The van der Waals surface area contributed by atoms with Crippen molar-refractivity contribution in [2.75, 3.05) is 37.6 Å². The maximum Gasteiger partial charge on any atom is 0.255 e. The quantitative estimate of drug-likeness (QED) is 0.238. The molecule has 1 unspecified atom stereocenters. The number of likely N-dealkylation sites (tertiary alicyclic amines) is 1. The van der Waals surface area contributed by atoms with Crippen LogP contribution in [0.25, 0.3) is 0 Å². The number of anilines is 1. The Bertz CT molecular complexity index is 2230. The van der Waals surface area contributed by atoms with E-state index < -0.39 is 11.9 Å². The third-order valence-electron chi connectivity index (χ3n) is 13.5. The summed E-state index contributed by atoms with van der Waals surface area (Å²) in [7, 11) is 0. The minimum Gasteiger partial charge on any atom is -0.508 e. The Kier molecular flexibility index (Phi) is 8.69. The summed E-state index contributed by atoms with van der Waals surface area (Å²) in [5.41, 5.74) is 9.43. The first-order valence-corrected chi connectivity index (χ1v) is 20.3. The topological polar surface area (TPSA) is 114 Å². The van der Waals surface area contributed by atoms with E-state index in [0.717, 1.165) is 69.5 Å². The number of carbonyl (C=O) groups is 4. The van der Waals surface area contributed by atoms with E-state index in [2.05, 4.69) is 75.8 Å². The van der Waals surface area contributed by atoms with E-state index in [1.165, 1.54) is 27.9 Å². The third-order valence-corrected chi connectivity index (χ3v) is 13.5. The number of imide groups is 1. The molecule has 286 valence electrons. The average Bonchev–Trinajstić information content (AvgIpc) is 3.69. The Morgan fingerprint density at radius 2 is 1.38 bits per heavy atom. The Balaban J connectivity index is 0.728. The highest BCUT2D eigenvalue weighted by Gasteiger charge is 2.44. The zero-order valence-electron chi connectivity index (χ0n) is 31.5. The number of nitrogens with one attached hydrogen (secondary N) is 1. The van der Waals surface area contributed by atoms with E-state index in [1.54, 1.807) is 4.90 Å². The first-order chi connectivity index (χ1) is 27.3. The van der Waals surface area contributed by atoms with Gasteiger partial charge in [0.1, 0.15) is 11.8 Å². The van der Waals surface area contributed by atoms with Crippen LogP contribution in [0.5, 0.6) is 5.75 Å². The molecular formula is C46H47N5O5. The maximum atomic E-state index is 13.6. The van der Waals surface area contributed by atoms with Crippen molar-refractivity contribution in [1.29, 1.82) is 0 Å². The van der Waals surface area contributed by atoms with Crippen molar-refractivity contribution in [3.63, 3.8) is 0 Å². The summed E-state index contributed by atoms with van der Waals surface area (Å²) >= 11 is 0. The highest BCUT2D eigenvalue weighted by atomic mass is 16.3. The number of aryl methyl sites for hydroxylation is 1. The Labute approximate surface area is 327 Å². The van der Waals surface area contributed by atoms with E-state index in [0.29, 0.717) is 41.7 Å². The van der Waals surface area contributed by atoms with Gasteiger partial charge in [0.25, 0.3) is 11.8 Å². The van der Waals surface area contributed by atoms with Crippen LogP contribution >= 0.6 is 0 Å². The van der Waals surface area contributed by atoms with Crippen molar-refractivity contribution >= 4 is 29.3 Å². The molecule has 3 saturated heterocycles. The van der Waals surface area contributed by atoms with Crippen LogP contribution in [0.3, 0.4) is 0 Å². The maximum absolute atomic E-state index is 13.6. The Morgan fingerprint density at radius 3 is 2.09 bits per heavy atom. The molecule has 3 fully saturated rings. The molecule has 5 aliphatic heterocycles. The number of aromatic hydroxyl groups is 1. The van der Waals surface area contributed by atoms with Gasteiger partial charge in [0.15, 0.2) is 0 Å². The number of benzene rings is 4. The van der Waals surface area contributed by atoms with Crippen LogP contribution in [-0.4, -0.2) is 88.2 Å². The number of piperidine rings is 2. The van der Waals surface area contributed by atoms with E-state index in [1.807, 2.05) is 29.2 Å². The number of carbonyl (C=O) groups excluding carboxylic acids is 4. The molecule has 5 heterocycles. The molecule has 4 aromatic carbocycles. The number of phenols is 1. The highest BCUT2D eigenvalue weighted by Crippen LogP contribution is 2.47. The van der Waals surface area contributed by atoms with Crippen LogP contribution in [-0.2, 0) is 29.1 Å². The molecule has 10 heteroatoms. The van der Waals surface area contributed by atoms with Crippen molar-refractivity contribution in [3.8, 4) is 5.75 Å². The number of nitrogens with zero attached hydrogens (tertiary/aromatic N) is 4. The van der Waals surface area contributed by atoms with Gasteiger partial charge < -0.3 is 19.8 Å². The number of hydrogen-bond acceptors (Lipinski definition) is 7. The number of amides is 4. The average molecular weight is 750 g/mol. The molecule has 0 spiro atoms. The molecule has 1 aliphatic carbocycles. The van der Waals surface area contributed by atoms with Gasteiger partial charge in [0, 0.05) is 75.0 Å². The fraction of sp³-hybridized carbons (Fsp3) is 0.391. The summed E-state index contributed by atoms with van der Waals surface area (Å²) in [6.07, 6.45) is 4.84. The fourth-order valence-corrected chi connectivity index (χ4v) is 10.5. The van der Waals surface area contributed by atoms with E-state index in [-0.39, 0.29) is 42.6 Å². The number of hydrogen-bond donors (Lipinski definition) is 2. The first kappa shape index (κ1) is 35.0. The van der Waals surface area contributed by atoms with Gasteiger partial charge >= 0.3 is 0 Å². The van der Waals surface area contributed by atoms with Gasteiger partial charge in [-0.3, -0.25) is 29.4 Å². The number of phenolic OH excluding ortho intramolecular Hbond substituents is 1. The minimum absolute atomic E-state index is 0.0289. The standard InChI is InChI=1S/C46H47N5O5/c52-36-11-13-38-31(20-36)8-12-37(29-4-2-1-3-5-29)43(38)30-6-9-34(10-7-30)49-18-16-28(17-19-49)23-48-26-35(27-48)50-24-32-21-40-33(22-39(32)45(50)55)25-51(46(40)56)41-14-15-42(53)47-44(41)54/h1-7,9-11,13,20-22,28,35,37,41,43,52H,8,12,14-19,23-27H2,(H,47,53,54)/t37-,41?,43+/m1/s1. The van der Waals surface area contributed by atoms with E-state index in [9.17, 15) is 24.3 Å². The predicted octanol–water partition coefficient (Wildman–Crippen LogP) is 5.57. The first-order valence-electron chi connectivity index (χ1n) is 20.3. The molecule has 0 bridgehead atoms. The van der Waals surface area contributed by atoms with Gasteiger partial charge in [-0.15, -0.1) is 0 Å². The Hall–Kier alpha value is -5.48. The van der Waals surface area contributed by atoms with Crippen molar-refractivity contribution < 1.29 is 24.3 Å². The van der Waals surface area contributed by atoms with Crippen molar-refractivity contribution in [3.05, 3.63) is 129 Å². The predicted molar refractivity (Wildman–Crippen MR) is 211 cm³/mol. The second-order valence-corrected chi connectivity index (χ2v) is 16.8. The molecule has 6 aliphatic rings. The zero-order chi connectivity index (χ0) is 38.1. The fourth-order valence-electron chi connectivity index (χ4n) is 10.5. The van der Waals surface area contributed by atoms with Crippen molar-refractivity contribution in [1.82, 2.24) is 20.0 Å². The lowest BCUT2D eigenvalue weighted by Gasteiger charge is -2.46. The highest BCUT2D eigenvalue weighted by molar-refractivity contribution is 6.07. The van der Waals surface area contributed by atoms with Crippen LogP contribution in [0.2, 0.25) is 0 Å². The van der Waals surface area contributed by atoms with Crippen LogP contribution in [0, 0.1) is 5.92 Å². The lowest BCUT2D eigenvalue weighted by molar-refractivity contribution is -0.136. The lowest BCUT2D eigenvalue weighted by Crippen LogP contribution is -2.60. The summed E-state index contributed by atoms with van der Waals surface area (Å²) in [6, 6.07) is 29.2. The smallest absolute Gasteiger partial charge is 0.255 e. The largest absolute Gasteiger partial charge is 0.508 e. The zero-order valence-corrected chi connectivity index (χ0v) is 31.5. The molecule has 4 aromatic rings. The van der Waals surface area contributed by atoms with Crippen LogP contribution in [0.4, 0.5) is 5.69 Å². The van der Waals surface area contributed by atoms with E-state index >= 15 is 0 Å². The molecule has 0 radical (unpaired) electrons. The normalized spacial score (nSPS) is 24.2. The summed E-state index contributed by atoms with van der Waals surface area (Å²) < 4.78 is 0. The molecule has 3 atom stereocenters. The molecule has 0 saturated carbocycles. The van der Waals surface area contributed by atoms with Crippen LogP contribution in [0.1, 0.15) is 98.0 Å². The summed E-state index contributed by atoms with van der Waals surface area (Å²) in [5, 5.41) is 12.6. The molecular weight excluding hydrogens is 703 g/mol. The number of fused-ring (bicyclic) bond motifs is 3. The minimum atomic E-state index is -0.661. The molecule has 0 aromatic heterocycles. The monoisotopic (exact) mass is 749 g/mol. The molecule has 10 nitrogen and oxygen atoms in total. The Morgan fingerprint density at radius 1 is 0.679 bits per heavy atom. The van der Waals surface area contributed by atoms with Gasteiger partial charge in [-0.1, -0.05) is 48.5 Å². The van der Waals surface area contributed by atoms with Crippen molar-refractivity contribution in [2.45, 2.75) is 75.5 Å². The summed E-state index contributed by atoms with van der Waals surface area (Å²) in [5.74, 6) is 0.697. The molecule has 4 amide bonds. The van der Waals surface area contributed by atoms with Gasteiger partial charge in [-0.2, -0.15) is 0 Å². The number of rotatable bonds is 7. The van der Waals surface area contributed by atoms with Gasteiger partial charge in [-0.25, -0.2) is 0 Å². The van der Waals surface area contributed by atoms with Crippen LogP contribution < -0.4 is 10.2 Å². The lowest BCUT2D eigenvalue weighted by atomic mass is 9.69. The summed E-state index contributed by atoms with van der Waals surface area (Å²) in [4.78, 5) is 59.6. The van der Waals surface area contributed by atoms with Gasteiger partial charge in [-0.05, 0) is 114 Å². The van der Waals surface area contributed by atoms with Crippen molar-refractivity contribution in [2.24, 2.45) is 5.92 Å². The molecule has 2 N–H and O–H groups in total.